The first kappa shape index (κ1) is 19.5. The van der Waals surface area contributed by atoms with E-state index in [0.29, 0.717) is 17.9 Å². The van der Waals surface area contributed by atoms with Crippen molar-refractivity contribution in [2.75, 3.05) is 6.61 Å². The number of ether oxygens (including phenoxy) is 1. The van der Waals surface area contributed by atoms with Gasteiger partial charge in [-0.15, -0.1) is 9.24 Å². The molecule has 0 amide bonds. The molecule has 2 aromatic rings. The Hall–Kier alpha value is -1.25. The van der Waals surface area contributed by atoms with Crippen LogP contribution in [-0.4, -0.2) is 10.8 Å². The molecule has 0 spiro atoms. The van der Waals surface area contributed by atoms with Gasteiger partial charge in [0.25, 0.3) is 0 Å². The number of halogens is 1. The number of hydrogen-bond donors (Lipinski definition) is 0. The average Bonchev–Trinajstić information content (AvgIpc) is 2.64. The summed E-state index contributed by atoms with van der Waals surface area (Å²) >= 11 is 0. The van der Waals surface area contributed by atoms with Gasteiger partial charge in [-0.3, -0.25) is 4.21 Å². The number of aryl methyl sites for hydroxylation is 1. The van der Waals surface area contributed by atoms with Gasteiger partial charge in [0.2, 0.25) is 0 Å². The zero-order valence-electron chi connectivity index (χ0n) is 14.3. The molecule has 1 aliphatic carbocycles. The minimum atomic E-state index is -1.32. The first-order valence-electron chi connectivity index (χ1n) is 8.74. The van der Waals surface area contributed by atoms with Gasteiger partial charge in [0, 0.05) is 21.7 Å². The lowest BCUT2D eigenvalue weighted by molar-refractivity contribution is 0.134. The van der Waals surface area contributed by atoms with Crippen molar-refractivity contribution in [3.05, 3.63) is 53.3 Å². The van der Waals surface area contributed by atoms with E-state index in [-0.39, 0.29) is 19.2 Å². The summed E-state index contributed by atoms with van der Waals surface area (Å²) in [5, 5.41) is 0.834. The molecule has 2 aromatic carbocycles. The molecule has 0 aromatic heterocycles. The topological polar surface area (TPSA) is 26.3 Å². The third-order valence-electron chi connectivity index (χ3n) is 5.57. The zero-order valence-corrected chi connectivity index (χ0v) is 16.2. The molecular weight excluding hydrogens is 366 g/mol. The minimum Gasteiger partial charge on any atom is -0.492 e. The van der Waals surface area contributed by atoms with E-state index >= 15 is 0 Å². The molecule has 5 heteroatoms. The number of rotatable bonds is 2. The maximum atomic E-state index is 15.0. The Kier molecular flexibility index (Phi) is 5.55. The predicted octanol–water partition coefficient (Wildman–Crippen LogP) is 4.86. The van der Waals surface area contributed by atoms with Crippen LogP contribution in [0.15, 0.2) is 41.3 Å². The van der Waals surface area contributed by atoms with Crippen LogP contribution >= 0.6 is 9.24 Å². The predicted molar refractivity (Wildman–Crippen MR) is 109 cm³/mol. The summed E-state index contributed by atoms with van der Waals surface area (Å²) in [5.74, 6) is 0.356. The third-order valence-corrected chi connectivity index (χ3v) is 8.12. The molecule has 2 aliphatic rings. The molecule has 4 rings (SSSR count). The molecule has 2 nitrogen and oxygen atoms in total. The molecule has 1 saturated carbocycles. The van der Waals surface area contributed by atoms with E-state index in [1.165, 1.54) is 6.07 Å². The Balaban J connectivity index is 0.00000196. The first-order chi connectivity index (χ1) is 12.0. The molecule has 140 valence electrons. The zero-order chi connectivity index (χ0) is 17.6. The fourth-order valence-corrected chi connectivity index (χ4v) is 6.60. The van der Waals surface area contributed by atoms with Crippen LogP contribution in [-0.2, 0) is 15.5 Å². The highest BCUT2D eigenvalue weighted by atomic mass is 32.2. The Bertz CT molecular complexity index is 837. The molecule has 0 N–H and O–H groups in total. The molecular formula is C21H26FO2PS. The smallest absolute Gasteiger partial charge is 0.134 e. The van der Waals surface area contributed by atoms with E-state index in [2.05, 4.69) is 9.24 Å². The standard InChI is InChI=1S/C20H22FO2PS.CH4/c1-13-5-7-15(8-6-13)25(22)20-11-3-2-4-14(20)12-23-19-17(24)10-9-16(21)18(19)20;/h5-10,14H,2-4,11-12,24H2,1H3;1H4/t14?,20-,25?;/m0./s1. The maximum Gasteiger partial charge on any atom is 0.134 e. The van der Waals surface area contributed by atoms with Gasteiger partial charge in [0.1, 0.15) is 11.6 Å². The van der Waals surface area contributed by atoms with Crippen LogP contribution in [0.5, 0.6) is 5.75 Å². The summed E-state index contributed by atoms with van der Waals surface area (Å²) in [6.45, 7) is 2.52. The van der Waals surface area contributed by atoms with Gasteiger partial charge in [-0.05, 0) is 44.0 Å². The molecule has 0 radical (unpaired) electrons. The highest BCUT2D eigenvalue weighted by Crippen LogP contribution is 2.54. The minimum absolute atomic E-state index is 0. The van der Waals surface area contributed by atoms with E-state index in [1.54, 1.807) is 6.07 Å². The number of hydrogen-bond acceptors (Lipinski definition) is 2. The molecule has 0 bridgehead atoms. The highest BCUT2D eigenvalue weighted by molar-refractivity contribution is 7.86. The summed E-state index contributed by atoms with van der Waals surface area (Å²) in [4.78, 5) is 0.777. The van der Waals surface area contributed by atoms with Crippen LogP contribution in [0.4, 0.5) is 4.39 Å². The molecule has 1 aliphatic heterocycles. The number of fused-ring (bicyclic) bond motifs is 3. The fourth-order valence-electron chi connectivity index (χ4n) is 4.28. The van der Waals surface area contributed by atoms with E-state index in [0.717, 1.165) is 41.4 Å². The summed E-state index contributed by atoms with van der Waals surface area (Å²) < 4.78 is 34.0. The second kappa shape index (κ2) is 7.40. The molecule has 1 fully saturated rings. The quantitative estimate of drug-likeness (QED) is 0.683. The lowest BCUT2D eigenvalue weighted by Crippen LogP contribution is -2.49. The molecule has 4 atom stereocenters. The maximum absolute atomic E-state index is 15.0. The van der Waals surface area contributed by atoms with Crippen LogP contribution < -0.4 is 10.0 Å². The van der Waals surface area contributed by atoms with Crippen molar-refractivity contribution in [3.8, 4) is 5.75 Å². The number of benzene rings is 2. The van der Waals surface area contributed by atoms with Gasteiger partial charge < -0.3 is 4.74 Å². The fraction of sp³-hybridized carbons (Fsp3) is 0.429. The average molecular weight is 392 g/mol. The Morgan fingerprint density at radius 3 is 2.65 bits per heavy atom. The lowest BCUT2D eigenvalue weighted by atomic mass is 9.73. The van der Waals surface area contributed by atoms with Crippen LogP contribution in [0.3, 0.4) is 0 Å². The Labute approximate surface area is 160 Å². The van der Waals surface area contributed by atoms with E-state index in [1.807, 2.05) is 31.2 Å². The van der Waals surface area contributed by atoms with Crippen LogP contribution in [0, 0.1) is 18.7 Å². The van der Waals surface area contributed by atoms with Crippen molar-refractivity contribution < 1.29 is 13.3 Å². The molecule has 0 saturated heterocycles. The summed E-state index contributed by atoms with van der Waals surface area (Å²) in [6, 6.07) is 11.0. The second-order valence-electron chi connectivity index (χ2n) is 7.07. The largest absolute Gasteiger partial charge is 0.492 e. The summed E-state index contributed by atoms with van der Waals surface area (Å²) in [5.41, 5.74) is 1.65. The molecule has 1 heterocycles. The van der Waals surface area contributed by atoms with E-state index in [4.69, 9.17) is 4.74 Å². The van der Waals surface area contributed by atoms with Crippen molar-refractivity contribution in [2.24, 2.45) is 5.92 Å². The summed E-state index contributed by atoms with van der Waals surface area (Å²) in [7, 11) is 1.30. The third kappa shape index (κ3) is 2.92. The SMILES string of the molecule is C.Cc1ccc(S(=O)[C@@]23CCCCC2COc2c(P)ccc(F)c23)cc1. The molecule has 26 heavy (non-hydrogen) atoms. The van der Waals surface area contributed by atoms with Gasteiger partial charge >= 0.3 is 0 Å². The van der Waals surface area contributed by atoms with Crippen molar-refractivity contribution in [1.29, 1.82) is 0 Å². The van der Waals surface area contributed by atoms with Gasteiger partial charge in [0.05, 0.1) is 22.2 Å². The first-order valence-corrected chi connectivity index (χ1v) is 10.5. The van der Waals surface area contributed by atoms with Crippen molar-refractivity contribution >= 4 is 25.3 Å². The van der Waals surface area contributed by atoms with Gasteiger partial charge in [0.15, 0.2) is 0 Å². The van der Waals surface area contributed by atoms with Crippen LogP contribution in [0.1, 0.15) is 44.2 Å². The normalized spacial score (nSPS) is 25.3. The monoisotopic (exact) mass is 392 g/mol. The van der Waals surface area contributed by atoms with Gasteiger partial charge in [-0.2, -0.15) is 0 Å². The lowest BCUT2D eigenvalue weighted by Gasteiger charge is -2.47. The second-order valence-corrected chi connectivity index (χ2v) is 9.43. The van der Waals surface area contributed by atoms with Crippen molar-refractivity contribution in [1.82, 2.24) is 0 Å². The van der Waals surface area contributed by atoms with E-state index < -0.39 is 15.5 Å². The Morgan fingerprint density at radius 2 is 1.92 bits per heavy atom. The van der Waals surface area contributed by atoms with Gasteiger partial charge in [-0.1, -0.05) is 38.0 Å². The van der Waals surface area contributed by atoms with Crippen LogP contribution in [0.2, 0.25) is 0 Å². The highest BCUT2D eigenvalue weighted by Gasteiger charge is 2.53. The van der Waals surface area contributed by atoms with E-state index in [9.17, 15) is 8.60 Å². The summed E-state index contributed by atoms with van der Waals surface area (Å²) in [6.07, 6.45) is 3.71. The van der Waals surface area contributed by atoms with Crippen molar-refractivity contribution in [2.45, 2.75) is 49.7 Å². The van der Waals surface area contributed by atoms with Crippen molar-refractivity contribution in [3.63, 3.8) is 0 Å². The Morgan fingerprint density at radius 1 is 1.19 bits per heavy atom. The van der Waals surface area contributed by atoms with Crippen LogP contribution in [0.25, 0.3) is 0 Å². The van der Waals surface area contributed by atoms with Gasteiger partial charge in [-0.25, -0.2) is 4.39 Å². The molecule has 3 unspecified atom stereocenters.